The average Bonchev–Trinajstić information content (AvgIpc) is 3.59. The van der Waals surface area contributed by atoms with Gasteiger partial charge in [-0.1, -0.05) is 25.5 Å². The second-order valence-electron chi connectivity index (χ2n) is 12.5. The SMILES string of the molecule is CCCCN(CCC[N+](C)(C)C)C(=O)CN1C[C@H](c2ccc3c(c2)CCO3)[C@@H](C(=O)O)[C@@H]1CN1CCCC1=O. The molecule has 2 fully saturated rings. The Balaban J connectivity index is 1.57. The van der Waals surface area contributed by atoms with Crippen LogP contribution in [0.2, 0.25) is 0 Å². The van der Waals surface area contributed by atoms with E-state index < -0.39 is 17.9 Å². The lowest BCUT2D eigenvalue weighted by atomic mass is 9.84. The number of aliphatic carboxylic acids is 1. The van der Waals surface area contributed by atoms with Gasteiger partial charge in [-0.15, -0.1) is 0 Å². The predicted octanol–water partition coefficient (Wildman–Crippen LogP) is 2.44. The van der Waals surface area contributed by atoms with Crippen LogP contribution in [0.15, 0.2) is 18.2 Å². The molecular weight excluding hydrogens is 496 g/mol. The van der Waals surface area contributed by atoms with Crippen LogP contribution in [0.25, 0.3) is 0 Å². The number of carboxylic acids is 1. The van der Waals surface area contributed by atoms with Gasteiger partial charge in [-0.3, -0.25) is 19.3 Å². The van der Waals surface area contributed by atoms with E-state index in [4.69, 9.17) is 4.74 Å². The first-order valence-electron chi connectivity index (χ1n) is 14.7. The third-order valence-corrected chi connectivity index (χ3v) is 8.48. The number of hydrogen-bond acceptors (Lipinski definition) is 5. The first-order chi connectivity index (χ1) is 18.6. The number of carbonyl (C=O) groups excluding carboxylic acids is 2. The summed E-state index contributed by atoms with van der Waals surface area (Å²) in [7, 11) is 6.47. The molecule has 39 heavy (non-hydrogen) atoms. The molecule has 0 spiro atoms. The third-order valence-electron chi connectivity index (χ3n) is 8.48. The summed E-state index contributed by atoms with van der Waals surface area (Å²) in [6.45, 7) is 6.83. The fraction of sp³-hybridized carbons (Fsp3) is 0.700. The maximum atomic E-state index is 13.7. The van der Waals surface area contributed by atoms with Crippen LogP contribution in [-0.4, -0.2) is 122 Å². The number of amides is 2. The van der Waals surface area contributed by atoms with E-state index in [1.165, 1.54) is 0 Å². The van der Waals surface area contributed by atoms with Gasteiger partial charge >= 0.3 is 5.97 Å². The van der Waals surface area contributed by atoms with Gasteiger partial charge in [-0.2, -0.15) is 0 Å². The summed E-state index contributed by atoms with van der Waals surface area (Å²) in [4.78, 5) is 44.9. The van der Waals surface area contributed by atoms with Crippen molar-refractivity contribution in [3.05, 3.63) is 29.3 Å². The van der Waals surface area contributed by atoms with Crippen LogP contribution >= 0.6 is 0 Å². The Morgan fingerprint density at radius 3 is 2.59 bits per heavy atom. The molecule has 0 unspecified atom stereocenters. The second-order valence-corrected chi connectivity index (χ2v) is 12.5. The Labute approximate surface area is 233 Å². The van der Waals surface area contributed by atoms with Crippen molar-refractivity contribution in [2.24, 2.45) is 5.92 Å². The van der Waals surface area contributed by atoms with Crippen molar-refractivity contribution in [1.82, 2.24) is 14.7 Å². The highest BCUT2D eigenvalue weighted by Gasteiger charge is 2.48. The molecule has 0 bridgehead atoms. The van der Waals surface area contributed by atoms with E-state index in [1.54, 1.807) is 4.90 Å². The Morgan fingerprint density at radius 1 is 1.15 bits per heavy atom. The van der Waals surface area contributed by atoms with Crippen LogP contribution in [0, 0.1) is 5.92 Å². The second kappa shape index (κ2) is 12.7. The maximum Gasteiger partial charge on any atom is 0.308 e. The molecule has 1 aromatic rings. The van der Waals surface area contributed by atoms with Crippen LogP contribution in [-0.2, 0) is 20.8 Å². The summed E-state index contributed by atoms with van der Waals surface area (Å²) >= 11 is 0. The van der Waals surface area contributed by atoms with Crippen LogP contribution in [0.3, 0.4) is 0 Å². The van der Waals surface area contributed by atoms with Crippen molar-refractivity contribution < 1.29 is 28.7 Å². The minimum Gasteiger partial charge on any atom is -0.493 e. The average molecular weight is 544 g/mol. The van der Waals surface area contributed by atoms with Gasteiger partial charge in [-0.05, 0) is 30.0 Å². The molecule has 0 saturated carbocycles. The summed E-state index contributed by atoms with van der Waals surface area (Å²) in [5.41, 5.74) is 2.09. The van der Waals surface area contributed by atoms with Crippen molar-refractivity contribution in [3.8, 4) is 5.75 Å². The molecule has 9 nitrogen and oxygen atoms in total. The van der Waals surface area contributed by atoms with Crippen LogP contribution < -0.4 is 4.74 Å². The number of nitrogens with zero attached hydrogens (tertiary/aromatic N) is 4. The topological polar surface area (TPSA) is 90.4 Å². The quantitative estimate of drug-likeness (QED) is 0.385. The van der Waals surface area contributed by atoms with E-state index in [0.29, 0.717) is 45.8 Å². The van der Waals surface area contributed by atoms with Gasteiger partial charge in [0.05, 0.1) is 46.8 Å². The lowest BCUT2D eigenvalue weighted by Gasteiger charge is -2.32. The lowest BCUT2D eigenvalue weighted by molar-refractivity contribution is -0.870. The first kappa shape index (κ1) is 29.3. The molecule has 2 saturated heterocycles. The van der Waals surface area contributed by atoms with Crippen molar-refractivity contribution in [3.63, 3.8) is 0 Å². The van der Waals surface area contributed by atoms with E-state index in [-0.39, 0.29) is 24.3 Å². The van der Waals surface area contributed by atoms with Gasteiger partial charge in [0, 0.05) is 63.9 Å². The molecule has 3 atom stereocenters. The summed E-state index contributed by atoms with van der Waals surface area (Å²) in [6.07, 6.45) is 5.00. The Hall–Kier alpha value is -2.65. The molecule has 2 amide bonds. The normalized spacial score (nSPS) is 23.2. The monoisotopic (exact) mass is 543 g/mol. The summed E-state index contributed by atoms with van der Waals surface area (Å²) in [6, 6.07) is 5.60. The molecule has 3 aliphatic rings. The number of likely N-dealkylation sites (tertiary alicyclic amines) is 2. The fourth-order valence-electron chi connectivity index (χ4n) is 6.34. The molecular formula is C30H47N4O5+. The van der Waals surface area contributed by atoms with Crippen LogP contribution in [0.4, 0.5) is 0 Å². The molecule has 0 aliphatic carbocycles. The van der Waals surface area contributed by atoms with Crippen molar-refractivity contribution in [1.29, 1.82) is 0 Å². The molecule has 4 rings (SSSR count). The number of unbranched alkanes of at least 4 members (excludes halogenated alkanes) is 1. The number of benzene rings is 1. The number of carboxylic acid groups (broad SMARTS) is 1. The van der Waals surface area contributed by atoms with Crippen molar-refractivity contribution in [2.45, 2.75) is 57.4 Å². The molecule has 0 aromatic heterocycles. The van der Waals surface area contributed by atoms with E-state index in [0.717, 1.165) is 60.0 Å². The standard InChI is InChI=1S/C30H46N4O5/c1-5-6-13-31(15-8-16-34(2,3)4)28(36)21-33-19-24(22-10-11-26-23(18-22)12-17-39-26)29(30(37)38)25(33)20-32-14-7-9-27(32)35/h10-11,18,24-25,29H,5-9,12-17,19-21H2,1-4H3/p+1/t24-,25+,29-/m1/s1. The molecule has 1 N–H and O–H groups in total. The van der Waals surface area contributed by atoms with E-state index in [9.17, 15) is 19.5 Å². The van der Waals surface area contributed by atoms with Gasteiger partial charge in [0.15, 0.2) is 0 Å². The Morgan fingerprint density at radius 2 is 1.92 bits per heavy atom. The maximum absolute atomic E-state index is 13.7. The highest BCUT2D eigenvalue weighted by atomic mass is 16.5. The number of quaternary nitrogens is 1. The minimum absolute atomic E-state index is 0.0507. The third kappa shape index (κ3) is 7.31. The number of fused-ring (bicyclic) bond motifs is 1. The molecule has 3 heterocycles. The van der Waals surface area contributed by atoms with Gasteiger partial charge in [0.2, 0.25) is 11.8 Å². The highest BCUT2D eigenvalue weighted by Crippen LogP contribution is 2.40. The number of ether oxygens (including phenoxy) is 1. The molecule has 9 heteroatoms. The van der Waals surface area contributed by atoms with Crippen molar-refractivity contribution in [2.75, 3.05) is 73.6 Å². The van der Waals surface area contributed by atoms with E-state index in [2.05, 4.69) is 39.0 Å². The smallest absolute Gasteiger partial charge is 0.308 e. The fourth-order valence-corrected chi connectivity index (χ4v) is 6.34. The number of carbonyl (C=O) groups is 3. The summed E-state index contributed by atoms with van der Waals surface area (Å²) < 4.78 is 6.52. The van der Waals surface area contributed by atoms with Gasteiger partial charge in [-0.25, -0.2) is 0 Å². The molecule has 216 valence electrons. The van der Waals surface area contributed by atoms with Gasteiger partial charge in [0.25, 0.3) is 0 Å². The van der Waals surface area contributed by atoms with Crippen molar-refractivity contribution >= 4 is 17.8 Å². The van der Waals surface area contributed by atoms with E-state index in [1.807, 2.05) is 17.0 Å². The Kier molecular flexibility index (Phi) is 9.54. The molecule has 0 radical (unpaired) electrons. The first-order valence-corrected chi connectivity index (χ1v) is 14.7. The Bertz CT molecular complexity index is 1040. The number of hydrogen-bond donors (Lipinski definition) is 1. The zero-order chi connectivity index (χ0) is 28.2. The highest BCUT2D eigenvalue weighted by molar-refractivity contribution is 5.80. The van der Waals surface area contributed by atoms with E-state index >= 15 is 0 Å². The predicted molar refractivity (Wildman–Crippen MR) is 150 cm³/mol. The van der Waals surface area contributed by atoms with Gasteiger partial charge in [0.1, 0.15) is 5.75 Å². The lowest BCUT2D eigenvalue weighted by Crippen LogP contribution is -2.49. The van der Waals surface area contributed by atoms with Crippen LogP contribution in [0.1, 0.15) is 56.1 Å². The minimum atomic E-state index is -0.867. The zero-order valence-electron chi connectivity index (χ0n) is 24.2. The number of rotatable bonds is 13. The molecule has 1 aromatic carbocycles. The van der Waals surface area contributed by atoms with Crippen LogP contribution in [0.5, 0.6) is 5.75 Å². The largest absolute Gasteiger partial charge is 0.493 e. The zero-order valence-corrected chi connectivity index (χ0v) is 24.2. The summed E-state index contributed by atoms with van der Waals surface area (Å²) in [5, 5.41) is 10.5. The molecule has 3 aliphatic heterocycles. The van der Waals surface area contributed by atoms with Gasteiger partial charge < -0.3 is 24.1 Å². The summed E-state index contributed by atoms with van der Waals surface area (Å²) in [5.74, 6) is -0.826.